The van der Waals surface area contributed by atoms with Crippen molar-refractivity contribution in [3.8, 4) is 0 Å². The Balaban J connectivity index is 3.07. The van der Waals surface area contributed by atoms with E-state index < -0.39 is 4.92 Å². The molecule has 0 fully saturated rings. The second-order valence-corrected chi connectivity index (χ2v) is 3.97. The zero-order valence-corrected chi connectivity index (χ0v) is 10.9. The number of carbonyl (C=O) groups excluding carboxylic acids is 1. The minimum atomic E-state index is -0.496. The quantitative estimate of drug-likeness (QED) is 0.594. The minimum Gasteiger partial charge on any atom is -0.395 e. The zero-order chi connectivity index (χ0) is 14.4. The van der Waals surface area contributed by atoms with Gasteiger partial charge in [0.2, 0.25) is 0 Å². The Morgan fingerprint density at radius 2 is 2.21 bits per heavy atom. The smallest absolute Gasteiger partial charge is 0.292 e. The molecule has 7 heteroatoms. The fourth-order valence-corrected chi connectivity index (χ4v) is 1.63. The lowest BCUT2D eigenvalue weighted by molar-refractivity contribution is -0.384. The SMILES string of the molecule is CCNc1cc(C(=O)N(C)CCO)ccc1[N+](=O)[O-]. The van der Waals surface area contributed by atoms with Crippen LogP contribution < -0.4 is 5.32 Å². The molecule has 104 valence electrons. The number of nitro benzene ring substituents is 1. The molecule has 1 rings (SSSR count). The molecule has 0 aromatic heterocycles. The molecule has 0 aliphatic rings. The van der Waals surface area contributed by atoms with Gasteiger partial charge in [0, 0.05) is 31.8 Å². The number of aliphatic hydroxyl groups is 1. The van der Waals surface area contributed by atoms with Crippen molar-refractivity contribution in [2.75, 3.05) is 32.1 Å². The second kappa shape index (κ2) is 6.69. The summed E-state index contributed by atoms with van der Waals surface area (Å²) in [6.45, 7) is 2.42. The molecule has 0 aliphatic carbocycles. The fourth-order valence-electron chi connectivity index (χ4n) is 1.63. The van der Waals surface area contributed by atoms with Crippen molar-refractivity contribution in [3.63, 3.8) is 0 Å². The summed E-state index contributed by atoms with van der Waals surface area (Å²) in [7, 11) is 1.56. The normalized spacial score (nSPS) is 10.1. The molecule has 0 heterocycles. The lowest BCUT2D eigenvalue weighted by atomic mass is 10.1. The summed E-state index contributed by atoms with van der Waals surface area (Å²) in [6.07, 6.45) is 0. The Morgan fingerprint density at radius 3 is 2.74 bits per heavy atom. The first-order valence-electron chi connectivity index (χ1n) is 5.89. The third-order valence-corrected chi connectivity index (χ3v) is 2.59. The van der Waals surface area contributed by atoms with Crippen molar-refractivity contribution in [2.24, 2.45) is 0 Å². The number of hydrogen-bond acceptors (Lipinski definition) is 5. The van der Waals surface area contributed by atoms with Crippen molar-refractivity contribution in [2.45, 2.75) is 6.92 Å². The molecule has 1 amide bonds. The van der Waals surface area contributed by atoms with E-state index in [1.165, 1.54) is 23.1 Å². The molecule has 0 saturated carbocycles. The van der Waals surface area contributed by atoms with Crippen LogP contribution >= 0.6 is 0 Å². The summed E-state index contributed by atoms with van der Waals surface area (Å²) in [5, 5.41) is 22.5. The number of nitrogens with one attached hydrogen (secondary N) is 1. The average molecular weight is 267 g/mol. The van der Waals surface area contributed by atoms with E-state index in [4.69, 9.17) is 5.11 Å². The number of benzene rings is 1. The Bertz CT molecular complexity index is 476. The van der Waals surface area contributed by atoms with Crippen LogP contribution in [0.25, 0.3) is 0 Å². The molecular weight excluding hydrogens is 250 g/mol. The molecule has 2 N–H and O–H groups in total. The number of hydrogen-bond donors (Lipinski definition) is 2. The predicted octanol–water partition coefficient (Wildman–Crippen LogP) is 1.09. The van der Waals surface area contributed by atoms with Crippen molar-refractivity contribution < 1.29 is 14.8 Å². The van der Waals surface area contributed by atoms with Crippen LogP contribution in [0.1, 0.15) is 17.3 Å². The fraction of sp³-hybridized carbons (Fsp3) is 0.417. The van der Waals surface area contributed by atoms with Crippen LogP contribution in [-0.4, -0.2) is 47.6 Å². The van der Waals surface area contributed by atoms with E-state index in [1.807, 2.05) is 6.92 Å². The van der Waals surface area contributed by atoms with E-state index in [2.05, 4.69) is 5.32 Å². The first kappa shape index (κ1) is 14.9. The molecule has 0 unspecified atom stereocenters. The number of rotatable bonds is 6. The van der Waals surface area contributed by atoms with Gasteiger partial charge in [-0.15, -0.1) is 0 Å². The number of aliphatic hydroxyl groups excluding tert-OH is 1. The third kappa shape index (κ3) is 3.65. The molecule has 19 heavy (non-hydrogen) atoms. The van der Waals surface area contributed by atoms with Gasteiger partial charge in [-0.25, -0.2) is 0 Å². The molecule has 0 radical (unpaired) electrons. The van der Waals surface area contributed by atoms with Gasteiger partial charge >= 0.3 is 0 Å². The lowest BCUT2D eigenvalue weighted by Gasteiger charge is -2.16. The Kier molecular flexibility index (Phi) is 5.25. The number of amides is 1. The van der Waals surface area contributed by atoms with Gasteiger partial charge in [-0.2, -0.15) is 0 Å². The van der Waals surface area contributed by atoms with Crippen LogP contribution in [-0.2, 0) is 0 Å². The standard InChI is InChI=1S/C12H17N3O4/c1-3-13-10-8-9(4-5-11(10)15(18)19)12(17)14(2)6-7-16/h4-5,8,13,16H,3,6-7H2,1-2H3. The van der Waals surface area contributed by atoms with Crippen LogP contribution in [0.4, 0.5) is 11.4 Å². The Morgan fingerprint density at radius 1 is 1.53 bits per heavy atom. The number of likely N-dealkylation sites (N-methyl/N-ethyl adjacent to an activating group) is 1. The highest BCUT2D eigenvalue weighted by atomic mass is 16.6. The maximum Gasteiger partial charge on any atom is 0.292 e. The highest BCUT2D eigenvalue weighted by molar-refractivity contribution is 5.95. The summed E-state index contributed by atoms with van der Waals surface area (Å²) in [6, 6.07) is 4.17. The minimum absolute atomic E-state index is 0.0665. The maximum absolute atomic E-state index is 12.0. The summed E-state index contributed by atoms with van der Waals surface area (Å²) in [5.41, 5.74) is 0.594. The summed E-state index contributed by atoms with van der Waals surface area (Å²) >= 11 is 0. The van der Waals surface area contributed by atoms with E-state index in [0.29, 0.717) is 17.8 Å². The first-order valence-corrected chi connectivity index (χ1v) is 5.89. The average Bonchev–Trinajstić information content (AvgIpc) is 2.38. The van der Waals surface area contributed by atoms with Gasteiger partial charge in [0.1, 0.15) is 5.69 Å². The Labute approximate surface area is 111 Å². The van der Waals surface area contributed by atoms with Crippen molar-refractivity contribution in [1.29, 1.82) is 0 Å². The van der Waals surface area contributed by atoms with Crippen molar-refractivity contribution in [3.05, 3.63) is 33.9 Å². The highest BCUT2D eigenvalue weighted by Crippen LogP contribution is 2.25. The predicted molar refractivity (Wildman–Crippen MR) is 71.3 cm³/mol. The largest absolute Gasteiger partial charge is 0.395 e. The third-order valence-electron chi connectivity index (χ3n) is 2.59. The van der Waals surface area contributed by atoms with E-state index in [0.717, 1.165) is 0 Å². The molecule has 1 aromatic carbocycles. The van der Waals surface area contributed by atoms with Crippen LogP contribution in [0, 0.1) is 10.1 Å². The van der Waals surface area contributed by atoms with Crippen LogP contribution in [0.5, 0.6) is 0 Å². The van der Waals surface area contributed by atoms with Gasteiger partial charge < -0.3 is 15.3 Å². The molecular formula is C12H17N3O4. The second-order valence-electron chi connectivity index (χ2n) is 3.97. The van der Waals surface area contributed by atoms with Crippen LogP contribution in [0.15, 0.2) is 18.2 Å². The molecule has 0 saturated heterocycles. The number of nitro groups is 1. The van der Waals surface area contributed by atoms with Crippen LogP contribution in [0.3, 0.4) is 0 Å². The zero-order valence-electron chi connectivity index (χ0n) is 10.9. The molecule has 0 atom stereocenters. The summed E-state index contributed by atoms with van der Waals surface area (Å²) < 4.78 is 0. The molecule has 0 bridgehead atoms. The van der Waals surface area contributed by atoms with Gasteiger partial charge in [0.15, 0.2) is 0 Å². The molecule has 7 nitrogen and oxygen atoms in total. The molecule has 0 aliphatic heterocycles. The van der Waals surface area contributed by atoms with Crippen LogP contribution in [0.2, 0.25) is 0 Å². The topological polar surface area (TPSA) is 95.7 Å². The monoisotopic (exact) mass is 267 g/mol. The molecule has 1 aromatic rings. The molecule has 0 spiro atoms. The van der Waals surface area contributed by atoms with E-state index >= 15 is 0 Å². The maximum atomic E-state index is 12.0. The van der Waals surface area contributed by atoms with E-state index in [9.17, 15) is 14.9 Å². The first-order chi connectivity index (χ1) is 9.01. The highest BCUT2D eigenvalue weighted by Gasteiger charge is 2.18. The van der Waals surface area contributed by atoms with Gasteiger partial charge in [0.25, 0.3) is 11.6 Å². The Hall–Kier alpha value is -2.15. The lowest BCUT2D eigenvalue weighted by Crippen LogP contribution is -2.29. The van der Waals surface area contributed by atoms with Crippen molar-refractivity contribution >= 4 is 17.3 Å². The van der Waals surface area contributed by atoms with Crippen molar-refractivity contribution in [1.82, 2.24) is 4.90 Å². The number of anilines is 1. The number of carbonyl (C=O) groups is 1. The number of nitrogens with zero attached hydrogens (tertiary/aromatic N) is 2. The van der Waals surface area contributed by atoms with E-state index in [1.54, 1.807) is 7.05 Å². The summed E-state index contributed by atoms with van der Waals surface area (Å²) in [5.74, 6) is -0.289. The van der Waals surface area contributed by atoms with Gasteiger partial charge in [-0.1, -0.05) is 0 Å². The van der Waals surface area contributed by atoms with Gasteiger partial charge in [0.05, 0.1) is 11.5 Å². The van der Waals surface area contributed by atoms with Gasteiger partial charge in [-0.05, 0) is 19.1 Å². The van der Waals surface area contributed by atoms with E-state index in [-0.39, 0.29) is 24.7 Å². The van der Waals surface area contributed by atoms with Gasteiger partial charge in [-0.3, -0.25) is 14.9 Å². The summed E-state index contributed by atoms with van der Waals surface area (Å²) in [4.78, 5) is 23.7.